The highest BCUT2D eigenvalue weighted by atomic mass is 16.6. The zero-order chi connectivity index (χ0) is 27.0. The molecule has 2 unspecified atom stereocenters. The molecule has 2 aromatic rings. The molecule has 0 radical (unpaired) electrons. The van der Waals surface area contributed by atoms with Gasteiger partial charge in [-0.25, -0.2) is 4.79 Å². The molecule has 2 atom stereocenters. The Morgan fingerprint density at radius 2 is 1.57 bits per heavy atom. The molecule has 1 aliphatic carbocycles. The fourth-order valence-corrected chi connectivity index (χ4v) is 4.46. The zero-order valence-electron chi connectivity index (χ0n) is 22.7. The number of alkyl carbamates (subject to hydrolysis) is 1. The second-order valence-corrected chi connectivity index (χ2v) is 11.2. The van der Waals surface area contributed by atoms with E-state index >= 15 is 0 Å². The Hall–Kier alpha value is -3.35. The molecule has 1 fully saturated rings. The standard InChI is InChI=1S/C30H41N3O4/c1-21(2)19-25(32-29(36)37-30(3,4)5)28(35)33(24-17-12-18-24)26(23-15-10-7-11-16-23)27(34)31-20-22-13-8-6-9-14-22/h6-11,13-16,21,24-26H,12,17-20H2,1-5H3,(H,31,34)(H,32,36). The van der Waals surface area contributed by atoms with Crippen LogP contribution in [0.4, 0.5) is 4.79 Å². The van der Waals surface area contributed by atoms with Crippen molar-refractivity contribution in [3.05, 3.63) is 71.8 Å². The van der Waals surface area contributed by atoms with Gasteiger partial charge in [-0.1, -0.05) is 74.5 Å². The van der Waals surface area contributed by atoms with E-state index in [1.165, 1.54) is 0 Å². The number of hydrogen-bond acceptors (Lipinski definition) is 4. The first-order chi connectivity index (χ1) is 17.5. The maximum absolute atomic E-state index is 14.2. The Kier molecular flexibility index (Phi) is 9.73. The first kappa shape index (κ1) is 28.2. The molecule has 37 heavy (non-hydrogen) atoms. The van der Waals surface area contributed by atoms with Crippen molar-refractivity contribution in [2.45, 2.75) is 90.6 Å². The second-order valence-electron chi connectivity index (χ2n) is 11.2. The van der Waals surface area contributed by atoms with E-state index < -0.39 is 23.8 Å². The van der Waals surface area contributed by atoms with Crippen LogP contribution in [-0.2, 0) is 20.9 Å². The topological polar surface area (TPSA) is 87.7 Å². The molecule has 0 saturated heterocycles. The maximum atomic E-state index is 14.2. The predicted octanol–water partition coefficient (Wildman–Crippen LogP) is 5.36. The lowest BCUT2D eigenvalue weighted by atomic mass is 9.87. The fraction of sp³-hybridized carbons (Fsp3) is 0.500. The summed E-state index contributed by atoms with van der Waals surface area (Å²) in [5, 5.41) is 5.85. The largest absolute Gasteiger partial charge is 0.444 e. The minimum atomic E-state index is -0.808. The summed E-state index contributed by atoms with van der Waals surface area (Å²) in [5.74, 6) is -0.349. The minimum Gasteiger partial charge on any atom is -0.444 e. The quantitative estimate of drug-likeness (QED) is 0.453. The first-order valence-electron chi connectivity index (χ1n) is 13.2. The van der Waals surface area contributed by atoms with E-state index in [1.807, 2.05) is 74.5 Å². The molecule has 0 spiro atoms. The molecule has 3 rings (SSSR count). The summed E-state index contributed by atoms with van der Waals surface area (Å²) >= 11 is 0. The lowest BCUT2D eigenvalue weighted by molar-refractivity contribution is -0.147. The summed E-state index contributed by atoms with van der Waals surface area (Å²) in [6, 6.07) is 17.4. The van der Waals surface area contributed by atoms with Crippen molar-refractivity contribution in [2.24, 2.45) is 5.92 Å². The van der Waals surface area contributed by atoms with Gasteiger partial charge in [-0.3, -0.25) is 9.59 Å². The number of benzene rings is 2. The SMILES string of the molecule is CC(C)CC(NC(=O)OC(C)(C)C)C(=O)N(C1CCC1)C(C(=O)NCc1ccccc1)c1ccccc1. The van der Waals surface area contributed by atoms with Crippen molar-refractivity contribution in [1.82, 2.24) is 15.5 Å². The Bertz CT molecular complexity index is 1030. The zero-order valence-corrected chi connectivity index (χ0v) is 22.7. The Morgan fingerprint density at radius 1 is 0.973 bits per heavy atom. The minimum absolute atomic E-state index is 0.0738. The van der Waals surface area contributed by atoms with Crippen LogP contribution < -0.4 is 10.6 Å². The molecule has 1 aliphatic rings. The summed E-state index contributed by atoms with van der Waals surface area (Å²) in [7, 11) is 0. The molecule has 2 N–H and O–H groups in total. The number of nitrogens with zero attached hydrogens (tertiary/aromatic N) is 1. The van der Waals surface area contributed by atoms with Crippen LogP contribution in [0.3, 0.4) is 0 Å². The molecule has 0 heterocycles. The van der Waals surface area contributed by atoms with Gasteiger partial charge in [0.15, 0.2) is 0 Å². The van der Waals surface area contributed by atoms with E-state index in [0.29, 0.717) is 13.0 Å². The van der Waals surface area contributed by atoms with Crippen LogP contribution in [-0.4, -0.2) is 40.5 Å². The van der Waals surface area contributed by atoms with Crippen LogP contribution in [0.5, 0.6) is 0 Å². The number of carbonyl (C=O) groups is 3. The van der Waals surface area contributed by atoms with E-state index in [1.54, 1.807) is 25.7 Å². The van der Waals surface area contributed by atoms with Crippen molar-refractivity contribution < 1.29 is 19.1 Å². The molecule has 200 valence electrons. The third-order valence-corrected chi connectivity index (χ3v) is 6.37. The third-order valence-electron chi connectivity index (χ3n) is 6.37. The maximum Gasteiger partial charge on any atom is 0.408 e. The van der Waals surface area contributed by atoms with Gasteiger partial charge in [-0.05, 0) is 63.5 Å². The lowest BCUT2D eigenvalue weighted by Gasteiger charge is -2.43. The second kappa shape index (κ2) is 12.7. The Morgan fingerprint density at radius 3 is 2.08 bits per heavy atom. The molecule has 0 aromatic heterocycles. The molecular formula is C30H41N3O4. The summed E-state index contributed by atoms with van der Waals surface area (Å²) in [4.78, 5) is 42.3. The molecule has 2 aromatic carbocycles. The molecule has 1 saturated carbocycles. The van der Waals surface area contributed by atoms with Gasteiger partial charge < -0.3 is 20.3 Å². The highest BCUT2D eigenvalue weighted by Gasteiger charge is 2.42. The molecule has 0 aliphatic heterocycles. The van der Waals surface area contributed by atoms with Crippen LogP contribution in [0.25, 0.3) is 0 Å². The molecular weight excluding hydrogens is 466 g/mol. The summed E-state index contributed by atoms with van der Waals surface area (Å²) in [5.41, 5.74) is 1.04. The van der Waals surface area contributed by atoms with E-state index in [-0.39, 0.29) is 23.8 Å². The van der Waals surface area contributed by atoms with Gasteiger partial charge in [-0.2, -0.15) is 0 Å². The monoisotopic (exact) mass is 507 g/mol. The Balaban J connectivity index is 1.92. The van der Waals surface area contributed by atoms with Gasteiger partial charge in [0.2, 0.25) is 11.8 Å². The number of nitrogens with one attached hydrogen (secondary N) is 2. The normalized spacial score (nSPS) is 15.3. The van der Waals surface area contributed by atoms with Gasteiger partial charge in [0.1, 0.15) is 17.7 Å². The van der Waals surface area contributed by atoms with E-state index in [9.17, 15) is 14.4 Å². The lowest BCUT2D eigenvalue weighted by Crippen LogP contribution is -2.57. The van der Waals surface area contributed by atoms with Crippen LogP contribution in [0.2, 0.25) is 0 Å². The number of rotatable bonds is 10. The van der Waals surface area contributed by atoms with Gasteiger partial charge >= 0.3 is 6.09 Å². The van der Waals surface area contributed by atoms with E-state index in [0.717, 1.165) is 30.4 Å². The van der Waals surface area contributed by atoms with Gasteiger partial charge in [0.05, 0.1) is 0 Å². The van der Waals surface area contributed by atoms with Crippen molar-refractivity contribution in [3.63, 3.8) is 0 Å². The fourth-order valence-electron chi connectivity index (χ4n) is 4.46. The molecule has 7 nitrogen and oxygen atoms in total. The average Bonchev–Trinajstić information content (AvgIpc) is 2.80. The van der Waals surface area contributed by atoms with Gasteiger partial charge in [0, 0.05) is 12.6 Å². The number of carbonyl (C=O) groups excluding carboxylic acids is 3. The van der Waals surface area contributed by atoms with Crippen LogP contribution >= 0.6 is 0 Å². The van der Waals surface area contributed by atoms with Crippen molar-refractivity contribution in [1.29, 1.82) is 0 Å². The smallest absolute Gasteiger partial charge is 0.408 e. The van der Waals surface area contributed by atoms with Crippen molar-refractivity contribution in [3.8, 4) is 0 Å². The van der Waals surface area contributed by atoms with Gasteiger partial charge in [-0.15, -0.1) is 0 Å². The predicted molar refractivity (Wildman–Crippen MR) is 145 cm³/mol. The van der Waals surface area contributed by atoms with Crippen molar-refractivity contribution in [2.75, 3.05) is 0 Å². The molecule has 0 bridgehead atoms. The van der Waals surface area contributed by atoms with E-state index in [2.05, 4.69) is 10.6 Å². The van der Waals surface area contributed by atoms with Crippen LogP contribution in [0.1, 0.15) is 77.5 Å². The first-order valence-corrected chi connectivity index (χ1v) is 13.2. The number of amides is 3. The summed E-state index contributed by atoms with van der Waals surface area (Å²) in [6.45, 7) is 9.73. The highest BCUT2D eigenvalue weighted by Crippen LogP contribution is 2.34. The summed E-state index contributed by atoms with van der Waals surface area (Å²) < 4.78 is 5.46. The third kappa shape index (κ3) is 8.34. The molecule has 7 heteroatoms. The number of hydrogen-bond donors (Lipinski definition) is 2. The van der Waals surface area contributed by atoms with Crippen LogP contribution in [0.15, 0.2) is 60.7 Å². The van der Waals surface area contributed by atoms with E-state index in [4.69, 9.17) is 4.74 Å². The van der Waals surface area contributed by atoms with Gasteiger partial charge in [0.25, 0.3) is 0 Å². The summed E-state index contributed by atoms with van der Waals surface area (Å²) in [6.07, 6.45) is 2.44. The number of ether oxygens (including phenoxy) is 1. The Labute approximate surface area is 221 Å². The van der Waals surface area contributed by atoms with Crippen LogP contribution in [0, 0.1) is 5.92 Å². The molecule has 3 amide bonds. The van der Waals surface area contributed by atoms with Crippen molar-refractivity contribution >= 4 is 17.9 Å². The average molecular weight is 508 g/mol. The highest BCUT2D eigenvalue weighted by molar-refractivity contribution is 5.92.